The van der Waals surface area contributed by atoms with Gasteiger partial charge >= 0.3 is 6.03 Å². The summed E-state index contributed by atoms with van der Waals surface area (Å²) in [6.45, 7) is 1.14. The Hall–Kier alpha value is -3.60. The summed E-state index contributed by atoms with van der Waals surface area (Å²) in [5.74, 6) is -0.202. The minimum absolute atomic E-state index is 0.0330. The highest BCUT2D eigenvalue weighted by molar-refractivity contribution is 6.01. The van der Waals surface area contributed by atoms with Crippen LogP contribution in [0.15, 0.2) is 84.9 Å². The molecular weight excluding hydrogens is 350 g/mol. The van der Waals surface area contributed by atoms with Gasteiger partial charge in [-0.25, -0.2) is 4.79 Å². The van der Waals surface area contributed by atoms with Crippen molar-refractivity contribution in [2.75, 3.05) is 29.9 Å². The summed E-state index contributed by atoms with van der Waals surface area (Å²) in [4.78, 5) is 28.5. The molecule has 3 amide bonds. The van der Waals surface area contributed by atoms with E-state index >= 15 is 0 Å². The number of para-hydroxylation sites is 2. The maximum Gasteiger partial charge on any atom is 0.325 e. The largest absolute Gasteiger partial charge is 0.325 e. The van der Waals surface area contributed by atoms with Crippen LogP contribution in [0, 0.1) is 0 Å². The summed E-state index contributed by atoms with van der Waals surface area (Å²) >= 11 is 0. The molecule has 4 rings (SSSR count). The minimum Gasteiger partial charge on any atom is -0.324 e. The highest BCUT2D eigenvalue weighted by Gasteiger charge is 2.30. The van der Waals surface area contributed by atoms with E-state index in [-0.39, 0.29) is 18.5 Å². The summed E-state index contributed by atoms with van der Waals surface area (Å²) in [6.07, 6.45) is 0. The molecule has 0 unspecified atom stereocenters. The fourth-order valence-electron chi connectivity index (χ4n) is 3.40. The fourth-order valence-corrected chi connectivity index (χ4v) is 3.40. The van der Waals surface area contributed by atoms with E-state index in [1.54, 1.807) is 9.80 Å². The molecule has 0 atom stereocenters. The molecule has 0 aliphatic carbocycles. The number of carbonyl (C=O) groups is 2. The first kappa shape index (κ1) is 17.8. The summed E-state index contributed by atoms with van der Waals surface area (Å²) in [7, 11) is 0. The molecule has 1 heterocycles. The van der Waals surface area contributed by atoms with Crippen LogP contribution in [0.25, 0.3) is 11.1 Å². The minimum atomic E-state index is -0.202. The number of carbonyl (C=O) groups excluding carboxylic acids is 2. The van der Waals surface area contributed by atoms with E-state index in [0.29, 0.717) is 13.1 Å². The lowest BCUT2D eigenvalue weighted by Crippen LogP contribution is -2.37. The van der Waals surface area contributed by atoms with Crippen LogP contribution in [0.2, 0.25) is 0 Å². The highest BCUT2D eigenvalue weighted by atomic mass is 16.2. The molecule has 0 aromatic heterocycles. The quantitative estimate of drug-likeness (QED) is 0.730. The van der Waals surface area contributed by atoms with Crippen LogP contribution in [0.4, 0.5) is 16.2 Å². The predicted molar refractivity (Wildman–Crippen MR) is 111 cm³/mol. The van der Waals surface area contributed by atoms with E-state index in [9.17, 15) is 9.59 Å². The van der Waals surface area contributed by atoms with Gasteiger partial charge in [0.05, 0.1) is 0 Å². The lowest BCUT2D eigenvalue weighted by molar-refractivity contribution is -0.116. The summed E-state index contributed by atoms with van der Waals surface area (Å²) in [5, 5.41) is 2.96. The number of nitrogens with zero attached hydrogens (tertiary/aromatic N) is 2. The van der Waals surface area contributed by atoms with E-state index in [1.165, 1.54) is 0 Å². The lowest BCUT2D eigenvalue weighted by atomic mass is 10.0. The van der Waals surface area contributed by atoms with Gasteiger partial charge in [-0.05, 0) is 23.8 Å². The van der Waals surface area contributed by atoms with E-state index in [4.69, 9.17) is 0 Å². The third kappa shape index (κ3) is 3.74. The van der Waals surface area contributed by atoms with Gasteiger partial charge < -0.3 is 10.2 Å². The second kappa shape index (κ2) is 7.96. The van der Waals surface area contributed by atoms with E-state index in [2.05, 4.69) is 5.32 Å². The van der Waals surface area contributed by atoms with Crippen molar-refractivity contribution in [3.05, 3.63) is 84.9 Å². The maximum absolute atomic E-state index is 12.7. The molecule has 3 aromatic carbocycles. The molecule has 1 N–H and O–H groups in total. The molecule has 5 heteroatoms. The van der Waals surface area contributed by atoms with Crippen molar-refractivity contribution in [1.82, 2.24) is 4.90 Å². The molecule has 3 aromatic rings. The number of benzene rings is 3. The van der Waals surface area contributed by atoms with E-state index < -0.39 is 0 Å². The Bertz CT molecular complexity index is 973. The molecule has 0 spiro atoms. The zero-order valence-electron chi connectivity index (χ0n) is 15.4. The summed E-state index contributed by atoms with van der Waals surface area (Å²) in [5.41, 5.74) is 3.58. The Labute approximate surface area is 164 Å². The van der Waals surface area contributed by atoms with Crippen molar-refractivity contribution in [2.45, 2.75) is 0 Å². The topological polar surface area (TPSA) is 52.7 Å². The van der Waals surface area contributed by atoms with Crippen molar-refractivity contribution >= 4 is 23.3 Å². The molecule has 1 aliphatic heterocycles. The lowest BCUT2D eigenvalue weighted by Gasteiger charge is -2.19. The summed E-state index contributed by atoms with van der Waals surface area (Å²) in [6, 6.07) is 27.0. The normalized spacial score (nSPS) is 13.6. The number of hydrogen-bond donors (Lipinski definition) is 1. The second-order valence-corrected chi connectivity index (χ2v) is 6.65. The highest BCUT2D eigenvalue weighted by Crippen LogP contribution is 2.27. The van der Waals surface area contributed by atoms with Crippen molar-refractivity contribution in [3.8, 4) is 11.1 Å². The molecule has 0 radical (unpaired) electrons. The molecule has 140 valence electrons. The van der Waals surface area contributed by atoms with Gasteiger partial charge in [0.25, 0.3) is 0 Å². The van der Waals surface area contributed by atoms with Gasteiger partial charge in [-0.2, -0.15) is 0 Å². The Morgan fingerprint density at radius 1 is 0.821 bits per heavy atom. The molecule has 0 saturated carbocycles. The van der Waals surface area contributed by atoms with Gasteiger partial charge in [-0.1, -0.05) is 66.7 Å². The maximum atomic E-state index is 12.7. The monoisotopic (exact) mass is 371 g/mol. The standard InChI is InChI=1S/C23H21N3O2/c27-22(17-25-15-16-26(23(25)28)19-11-5-2-6-12-19)24-21-14-8-7-13-20(21)18-9-3-1-4-10-18/h1-14H,15-17H2,(H,24,27). The van der Waals surface area contributed by atoms with Gasteiger partial charge in [0.2, 0.25) is 5.91 Å². The average Bonchev–Trinajstić information content (AvgIpc) is 3.10. The van der Waals surface area contributed by atoms with Crippen LogP contribution in [0.3, 0.4) is 0 Å². The average molecular weight is 371 g/mol. The van der Waals surface area contributed by atoms with Crippen LogP contribution in [-0.2, 0) is 4.79 Å². The Kier molecular flexibility index (Phi) is 5.06. The molecular formula is C23H21N3O2. The van der Waals surface area contributed by atoms with Crippen molar-refractivity contribution in [2.24, 2.45) is 0 Å². The Morgan fingerprint density at radius 3 is 2.21 bits per heavy atom. The molecule has 1 saturated heterocycles. The molecule has 1 aliphatic rings. The smallest absolute Gasteiger partial charge is 0.324 e. The van der Waals surface area contributed by atoms with Crippen molar-refractivity contribution in [1.29, 1.82) is 0 Å². The number of amides is 3. The Morgan fingerprint density at radius 2 is 1.46 bits per heavy atom. The zero-order chi connectivity index (χ0) is 19.3. The van der Waals surface area contributed by atoms with Crippen LogP contribution in [0.5, 0.6) is 0 Å². The molecule has 1 fully saturated rings. The third-order valence-corrected chi connectivity index (χ3v) is 4.78. The number of anilines is 2. The van der Waals surface area contributed by atoms with Gasteiger partial charge in [0.15, 0.2) is 0 Å². The number of nitrogens with one attached hydrogen (secondary N) is 1. The van der Waals surface area contributed by atoms with Gasteiger partial charge in [0.1, 0.15) is 6.54 Å². The first-order valence-corrected chi connectivity index (χ1v) is 9.28. The van der Waals surface area contributed by atoms with E-state index in [1.807, 2.05) is 84.9 Å². The molecule has 5 nitrogen and oxygen atoms in total. The van der Waals surface area contributed by atoms with Crippen molar-refractivity contribution < 1.29 is 9.59 Å². The van der Waals surface area contributed by atoms with Crippen LogP contribution < -0.4 is 10.2 Å². The van der Waals surface area contributed by atoms with E-state index in [0.717, 1.165) is 22.5 Å². The van der Waals surface area contributed by atoms with Crippen LogP contribution in [0.1, 0.15) is 0 Å². The van der Waals surface area contributed by atoms with Gasteiger partial charge in [0, 0.05) is 30.0 Å². The fraction of sp³-hybridized carbons (Fsp3) is 0.130. The SMILES string of the molecule is O=C(CN1CCN(c2ccccc2)C1=O)Nc1ccccc1-c1ccccc1. The number of urea groups is 1. The second-order valence-electron chi connectivity index (χ2n) is 6.65. The van der Waals surface area contributed by atoms with Gasteiger partial charge in [-0.3, -0.25) is 9.69 Å². The first-order chi connectivity index (χ1) is 13.7. The first-order valence-electron chi connectivity index (χ1n) is 9.28. The van der Waals surface area contributed by atoms with Gasteiger partial charge in [-0.15, -0.1) is 0 Å². The molecule has 28 heavy (non-hydrogen) atoms. The summed E-state index contributed by atoms with van der Waals surface area (Å²) < 4.78 is 0. The molecule has 0 bridgehead atoms. The predicted octanol–water partition coefficient (Wildman–Crippen LogP) is 4.23. The Balaban J connectivity index is 1.44. The number of hydrogen-bond acceptors (Lipinski definition) is 2. The van der Waals surface area contributed by atoms with Crippen LogP contribution >= 0.6 is 0 Å². The van der Waals surface area contributed by atoms with Crippen LogP contribution in [-0.4, -0.2) is 36.5 Å². The van der Waals surface area contributed by atoms with Crippen molar-refractivity contribution in [3.63, 3.8) is 0 Å². The third-order valence-electron chi connectivity index (χ3n) is 4.78. The zero-order valence-corrected chi connectivity index (χ0v) is 15.4. The number of rotatable bonds is 5.